The summed E-state index contributed by atoms with van der Waals surface area (Å²) in [6, 6.07) is -0.638. The molecule has 0 aliphatic heterocycles. The van der Waals surface area contributed by atoms with Crippen LogP contribution in [0, 0.1) is 27.4 Å². The smallest absolute Gasteiger partial charge is 0.251 e. The van der Waals surface area contributed by atoms with E-state index in [-0.39, 0.29) is 24.3 Å². The number of guanidine groups is 1. The van der Waals surface area contributed by atoms with Crippen molar-refractivity contribution >= 4 is 17.8 Å². The van der Waals surface area contributed by atoms with Gasteiger partial charge in [-0.3, -0.25) is 15.0 Å². The molecule has 160 valence electrons. The second kappa shape index (κ2) is 12.9. The van der Waals surface area contributed by atoms with Crippen LogP contribution in [-0.2, 0) is 9.59 Å². The zero-order valence-electron chi connectivity index (χ0n) is 16.9. The largest absolute Gasteiger partial charge is 0.354 e. The van der Waals surface area contributed by atoms with E-state index in [4.69, 9.17) is 5.41 Å². The van der Waals surface area contributed by atoms with Crippen molar-refractivity contribution in [3.8, 4) is 0 Å². The minimum absolute atomic E-state index is 0.0321. The molecule has 0 bridgehead atoms. The Labute approximate surface area is 166 Å². The molecule has 5 N–H and O–H groups in total. The van der Waals surface area contributed by atoms with Gasteiger partial charge in [-0.2, -0.15) is 0 Å². The highest BCUT2D eigenvalue weighted by Gasteiger charge is 2.26. The summed E-state index contributed by atoms with van der Waals surface area (Å²) in [7, 11) is 0. The highest BCUT2D eigenvalue weighted by molar-refractivity contribution is 5.88. The van der Waals surface area contributed by atoms with Crippen molar-refractivity contribution in [2.75, 3.05) is 13.1 Å². The Hall–Kier alpha value is -2.39. The monoisotopic (exact) mass is 398 g/mol. The number of nitro groups is 1. The number of carbonyl (C=O) groups excluding carboxylic acids is 2. The van der Waals surface area contributed by atoms with Crippen molar-refractivity contribution < 1.29 is 14.6 Å². The zero-order chi connectivity index (χ0) is 20.9. The lowest BCUT2D eigenvalue weighted by Crippen LogP contribution is -2.49. The lowest BCUT2D eigenvalue weighted by molar-refractivity contribution is -0.525. The number of hydrazine groups is 1. The summed E-state index contributed by atoms with van der Waals surface area (Å²) in [6.45, 7) is 5.00. The molecular formula is C18H34N6O4. The lowest BCUT2D eigenvalue weighted by Gasteiger charge is -2.25. The summed E-state index contributed by atoms with van der Waals surface area (Å²) in [4.78, 5) is 35.3. The van der Waals surface area contributed by atoms with Crippen molar-refractivity contribution in [2.24, 2.45) is 11.8 Å². The highest BCUT2D eigenvalue weighted by atomic mass is 16.7. The van der Waals surface area contributed by atoms with E-state index in [1.807, 2.05) is 0 Å². The van der Waals surface area contributed by atoms with E-state index in [0.29, 0.717) is 25.3 Å². The van der Waals surface area contributed by atoms with Gasteiger partial charge in [0, 0.05) is 19.0 Å². The third kappa shape index (κ3) is 10.1. The summed E-state index contributed by atoms with van der Waals surface area (Å²) in [5.74, 6) is -0.243. The number of rotatable bonds is 11. The molecule has 0 aromatic carbocycles. The van der Waals surface area contributed by atoms with Crippen LogP contribution in [-0.4, -0.2) is 41.9 Å². The maximum absolute atomic E-state index is 12.5. The third-order valence-electron chi connectivity index (χ3n) is 4.80. The Bertz CT molecular complexity index is 534. The lowest BCUT2D eigenvalue weighted by atomic mass is 9.88. The zero-order valence-corrected chi connectivity index (χ0v) is 16.9. The van der Waals surface area contributed by atoms with Gasteiger partial charge in [-0.25, -0.2) is 10.1 Å². The Morgan fingerprint density at radius 2 is 1.79 bits per heavy atom. The van der Waals surface area contributed by atoms with Crippen molar-refractivity contribution in [2.45, 2.75) is 71.3 Å². The summed E-state index contributed by atoms with van der Waals surface area (Å²) in [5.41, 5.74) is 1.71. The molecule has 10 nitrogen and oxygen atoms in total. The van der Waals surface area contributed by atoms with Crippen molar-refractivity contribution in [3.05, 3.63) is 10.1 Å². The van der Waals surface area contributed by atoms with Crippen LogP contribution in [0.25, 0.3) is 0 Å². The summed E-state index contributed by atoms with van der Waals surface area (Å²) < 4.78 is 0. The van der Waals surface area contributed by atoms with E-state index in [2.05, 4.69) is 29.8 Å². The highest BCUT2D eigenvalue weighted by Crippen LogP contribution is 2.23. The van der Waals surface area contributed by atoms with E-state index in [1.54, 1.807) is 5.43 Å². The molecule has 1 saturated carbocycles. The van der Waals surface area contributed by atoms with Gasteiger partial charge in [0.2, 0.25) is 11.8 Å². The number of nitrogens with one attached hydrogen (secondary N) is 5. The fourth-order valence-electron chi connectivity index (χ4n) is 3.18. The molecule has 0 unspecified atom stereocenters. The second-order valence-corrected chi connectivity index (χ2v) is 7.68. The molecule has 0 aromatic rings. The van der Waals surface area contributed by atoms with Gasteiger partial charge in [0.25, 0.3) is 5.96 Å². The second-order valence-electron chi connectivity index (χ2n) is 7.68. The fraction of sp³-hybridized carbons (Fsp3) is 0.833. The molecule has 1 aliphatic carbocycles. The maximum atomic E-state index is 12.5. The number of nitrogens with zero attached hydrogens (tertiary/aromatic N) is 1. The van der Waals surface area contributed by atoms with Gasteiger partial charge in [0.1, 0.15) is 6.04 Å². The fourth-order valence-corrected chi connectivity index (χ4v) is 3.18. The van der Waals surface area contributed by atoms with Gasteiger partial charge in [-0.15, -0.1) is 0 Å². The number of carbonyl (C=O) groups is 2. The Kier molecular flexibility index (Phi) is 10.9. The molecular weight excluding hydrogens is 364 g/mol. The normalized spacial score (nSPS) is 15.5. The number of hydrogen-bond donors (Lipinski definition) is 5. The van der Waals surface area contributed by atoms with Crippen LogP contribution in [0.2, 0.25) is 0 Å². The quantitative estimate of drug-likeness (QED) is 0.116. The summed E-state index contributed by atoms with van der Waals surface area (Å²) in [5, 5.41) is 25.2. The van der Waals surface area contributed by atoms with E-state index >= 15 is 0 Å². The van der Waals surface area contributed by atoms with Crippen LogP contribution >= 0.6 is 0 Å². The molecule has 1 rings (SSSR count). The topological polar surface area (TPSA) is 149 Å². The molecule has 1 aliphatic rings. The van der Waals surface area contributed by atoms with Gasteiger partial charge in [-0.1, -0.05) is 38.5 Å². The van der Waals surface area contributed by atoms with Gasteiger partial charge in [0.05, 0.1) is 0 Å². The van der Waals surface area contributed by atoms with Crippen LogP contribution in [0.3, 0.4) is 0 Å². The Balaban J connectivity index is 2.51. The molecule has 1 atom stereocenters. The summed E-state index contributed by atoms with van der Waals surface area (Å²) in [6.07, 6.45) is 6.69. The minimum atomic E-state index is -0.815. The first-order valence-corrected chi connectivity index (χ1v) is 10.1. The molecule has 0 heterocycles. The van der Waals surface area contributed by atoms with Crippen LogP contribution in [0.4, 0.5) is 0 Å². The average Bonchev–Trinajstić information content (AvgIpc) is 2.63. The van der Waals surface area contributed by atoms with E-state index in [0.717, 1.165) is 38.5 Å². The third-order valence-corrected chi connectivity index (χ3v) is 4.80. The van der Waals surface area contributed by atoms with Gasteiger partial charge in [-0.05, 0) is 38.0 Å². The molecule has 0 aromatic heterocycles. The Morgan fingerprint density at radius 3 is 2.39 bits per heavy atom. The predicted octanol–water partition coefficient (Wildman–Crippen LogP) is 1.30. The molecule has 0 radical (unpaired) electrons. The average molecular weight is 399 g/mol. The molecule has 1 fully saturated rings. The number of amides is 2. The first-order chi connectivity index (χ1) is 13.3. The van der Waals surface area contributed by atoms with Crippen molar-refractivity contribution in [3.63, 3.8) is 0 Å². The van der Waals surface area contributed by atoms with Gasteiger partial charge < -0.3 is 16.0 Å². The SMILES string of the molecule is CC(C)CCNC(=O)[C@H](CCCNC(=N)N[N+](=O)[O-])NC(=O)C1CCCCC1. The standard InChI is InChI=1S/C18H34N6O4/c1-13(2)10-12-20-17(26)15(9-6-11-21-18(19)23-24(27)28)22-16(25)14-7-4-3-5-8-14/h13-15H,3-12H2,1-2H3,(H,20,26)(H,22,25)(H3,19,21,23)/t15-/m0/s1. The Morgan fingerprint density at radius 1 is 1.11 bits per heavy atom. The van der Waals surface area contributed by atoms with E-state index < -0.39 is 17.0 Å². The van der Waals surface area contributed by atoms with Gasteiger partial charge in [0.15, 0.2) is 5.03 Å². The molecule has 28 heavy (non-hydrogen) atoms. The predicted molar refractivity (Wildman–Crippen MR) is 106 cm³/mol. The van der Waals surface area contributed by atoms with Crippen LogP contribution in [0.5, 0.6) is 0 Å². The minimum Gasteiger partial charge on any atom is -0.354 e. The molecule has 10 heteroatoms. The van der Waals surface area contributed by atoms with Crippen molar-refractivity contribution in [1.29, 1.82) is 5.41 Å². The van der Waals surface area contributed by atoms with Gasteiger partial charge >= 0.3 is 0 Å². The maximum Gasteiger partial charge on any atom is 0.251 e. The molecule has 0 saturated heterocycles. The van der Waals surface area contributed by atoms with Crippen LogP contribution in [0.15, 0.2) is 0 Å². The molecule has 0 spiro atoms. The van der Waals surface area contributed by atoms with Crippen LogP contribution in [0.1, 0.15) is 65.2 Å². The van der Waals surface area contributed by atoms with E-state index in [1.165, 1.54) is 0 Å². The summed E-state index contributed by atoms with van der Waals surface area (Å²) >= 11 is 0. The molecule has 2 amide bonds. The number of hydrogen-bond acceptors (Lipinski definition) is 5. The first kappa shape index (κ1) is 23.6. The van der Waals surface area contributed by atoms with Crippen LogP contribution < -0.4 is 21.4 Å². The van der Waals surface area contributed by atoms with Crippen molar-refractivity contribution in [1.82, 2.24) is 21.4 Å². The first-order valence-electron chi connectivity index (χ1n) is 10.1. The van der Waals surface area contributed by atoms with E-state index in [9.17, 15) is 19.7 Å².